The van der Waals surface area contributed by atoms with Gasteiger partial charge in [-0.1, -0.05) is 48.5 Å². The smallest absolute Gasteiger partial charge is 0.244 e. The van der Waals surface area contributed by atoms with Crippen molar-refractivity contribution in [3.8, 4) is 0 Å². The van der Waals surface area contributed by atoms with Gasteiger partial charge in [-0.25, -0.2) is 4.39 Å². The van der Waals surface area contributed by atoms with Crippen LogP contribution < -0.4 is 11.1 Å². The maximum absolute atomic E-state index is 13.5. The van der Waals surface area contributed by atoms with Crippen molar-refractivity contribution < 1.29 is 9.18 Å². The Labute approximate surface area is 152 Å². The Balaban J connectivity index is 0.00000288. The molecule has 2 rings (SSSR count). The van der Waals surface area contributed by atoms with Crippen LogP contribution in [0, 0.1) is 5.82 Å². The minimum Gasteiger partial charge on any atom is -0.353 e. The third kappa shape index (κ3) is 5.51. The summed E-state index contributed by atoms with van der Waals surface area (Å²) in [5.41, 5.74) is 6.53. The zero-order chi connectivity index (χ0) is 16.7. The molecule has 0 saturated heterocycles. The summed E-state index contributed by atoms with van der Waals surface area (Å²) in [6, 6.07) is 16.0. The molecule has 0 aromatic heterocycles. The Morgan fingerprint density at radius 3 is 2.46 bits per heavy atom. The molecule has 1 amide bonds. The molecule has 0 aliphatic carbocycles. The van der Waals surface area contributed by atoms with E-state index in [0.29, 0.717) is 23.6 Å². The van der Waals surface area contributed by atoms with Crippen LogP contribution in [0.4, 0.5) is 4.39 Å². The molecule has 130 valence electrons. The number of thioether (sulfide) groups is 1. The standard InChI is InChI=1S/C18H21FN2OS.ClH/c1-18(20,15-8-3-2-4-9-15)17(22)21-11-12-23-13-14-7-5-6-10-16(14)19;/h2-10H,11-13,20H2,1H3,(H,21,22);1H. The van der Waals surface area contributed by atoms with Crippen LogP contribution in [0.2, 0.25) is 0 Å². The van der Waals surface area contributed by atoms with Crippen LogP contribution in [0.15, 0.2) is 54.6 Å². The van der Waals surface area contributed by atoms with Crippen molar-refractivity contribution in [3.63, 3.8) is 0 Å². The minimum atomic E-state index is -1.06. The van der Waals surface area contributed by atoms with E-state index in [-0.39, 0.29) is 24.1 Å². The van der Waals surface area contributed by atoms with Crippen LogP contribution >= 0.6 is 24.2 Å². The normalized spacial score (nSPS) is 12.8. The molecule has 0 heterocycles. The molecule has 2 aromatic rings. The molecular formula is C18H22ClFN2OS. The highest BCUT2D eigenvalue weighted by Crippen LogP contribution is 2.18. The largest absolute Gasteiger partial charge is 0.353 e. The average Bonchev–Trinajstić information content (AvgIpc) is 2.56. The molecule has 0 aliphatic heterocycles. The van der Waals surface area contributed by atoms with E-state index in [1.807, 2.05) is 36.4 Å². The molecule has 0 fully saturated rings. The fourth-order valence-corrected chi connectivity index (χ4v) is 2.98. The molecule has 3 nitrogen and oxygen atoms in total. The first-order valence-electron chi connectivity index (χ1n) is 7.45. The summed E-state index contributed by atoms with van der Waals surface area (Å²) in [5, 5.41) is 2.84. The number of nitrogens with one attached hydrogen (secondary N) is 1. The lowest BCUT2D eigenvalue weighted by Crippen LogP contribution is -2.49. The van der Waals surface area contributed by atoms with E-state index in [9.17, 15) is 9.18 Å². The number of nitrogens with two attached hydrogens (primary N) is 1. The van der Waals surface area contributed by atoms with Gasteiger partial charge in [0.15, 0.2) is 0 Å². The number of halogens is 2. The lowest BCUT2D eigenvalue weighted by atomic mass is 9.92. The van der Waals surface area contributed by atoms with Gasteiger partial charge in [-0.2, -0.15) is 11.8 Å². The van der Waals surface area contributed by atoms with Crippen molar-refractivity contribution in [2.45, 2.75) is 18.2 Å². The van der Waals surface area contributed by atoms with Gasteiger partial charge in [-0.05, 0) is 24.1 Å². The highest BCUT2D eigenvalue weighted by Gasteiger charge is 2.29. The van der Waals surface area contributed by atoms with E-state index in [0.717, 1.165) is 5.56 Å². The van der Waals surface area contributed by atoms with E-state index in [1.165, 1.54) is 6.07 Å². The first kappa shape index (κ1) is 20.5. The zero-order valence-corrected chi connectivity index (χ0v) is 15.1. The maximum atomic E-state index is 13.5. The van der Waals surface area contributed by atoms with Gasteiger partial charge in [-0.3, -0.25) is 4.79 Å². The SMILES string of the molecule is CC(N)(C(=O)NCCSCc1ccccc1F)c1ccccc1.Cl. The molecule has 3 N–H and O–H groups in total. The quantitative estimate of drug-likeness (QED) is 0.736. The van der Waals surface area contributed by atoms with Gasteiger partial charge < -0.3 is 11.1 Å². The molecule has 1 unspecified atom stereocenters. The Kier molecular flexibility index (Phi) is 8.25. The molecule has 24 heavy (non-hydrogen) atoms. The number of carbonyl (C=O) groups excluding carboxylic acids is 1. The predicted molar refractivity (Wildman–Crippen MR) is 101 cm³/mol. The lowest BCUT2D eigenvalue weighted by Gasteiger charge is -2.24. The Morgan fingerprint density at radius 1 is 1.17 bits per heavy atom. The first-order chi connectivity index (χ1) is 11.0. The maximum Gasteiger partial charge on any atom is 0.244 e. The molecule has 1 atom stereocenters. The highest BCUT2D eigenvalue weighted by atomic mass is 35.5. The van der Waals surface area contributed by atoms with Gasteiger partial charge in [0, 0.05) is 18.1 Å². The van der Waals surface area contributed by atoms with Crippen molar-refractivity contribution in [3.05, 3.63) is 71.5 Å². The van der Waals surface area contributed by atoms with Crippen molar-refractivity contribution in [2.75, 3.05) is 12.3 Å². The molecule has 0 spiro atoms. The second-order valence-corrected chi connectivity index (χ2v) is 6.57. The van der Waals surface area contributed by atoms with Gasteiger partial charge in [0.05, 0.1) is 0 Å². The number of rotatable bonds is 7. The van der Waals surface area contributed by atoms with Crippen molar-refractivity contribution in [2.24, 2.45) is 5.73 Å². The fourth-order valence-electron chi connectivity index (χ4n) is 2.13. The van der Waals surface area contributed by atoms with Gasteiger partial charge in [0.1, 0.15) is 11.4 Å². The van der Waals surface area contributed by atoms with Crippen LogP contribution in [0.5, 0.6) is 0 Å². The third-order valence-electron chi connectivity index (χ3n) is 3.59. The van der Waals surface area contributed by atoms with Crippen LogP contribution in [0.3, 0.4) is 0 Å². The summed E-state index contributed by atoms with van der Waals surface area (Å²) >= 11 is 1.57. The average molecular weight is 369 g/mol. The summed E-state index contributed by atoms with van der Waals surface area (Å²) in [7, 11) is 0. The molecule has 0 aliphatic rings. The number of benzene rings is 2. The van der Waals surface area contributed by atoms with E-state index in [1.54, 1.807) is 30.8 Å². The Morgan fingerprint density at radius 2 is 1.79 bits per heavy atom. The third-order valence-corrected chi connectivity index (χ3v) is 4.60. The minimum absolute atomic E-state index is 0. The second-order valence-electron chi connectivity index (χ2n) is 5.47. The predicted octanol–water partition coefficient (Wildman–Crippen LogP) is 3.47. The first-order valence-corrected chi connectivity index (χ1v) is 8.61. The van der Waals surface area contributed by atoms with Gasteiger partial charge in [0.2, 0.25) is 5.91 Å². The number of hydrogen-bond acceptors (Lipinski definition) is 3. The van der Waals surface area contributed by atoms with Crippen molar-refractivity contribution >= 4 is 30.1 Å². The lowest BCUT2D eigenvalue weighted by molar-refractivity contribution is -0.125. The van der Waals surface area contributed by atoms with E-state index >= 15 is 0 Å². The summed E-state index contributed by atoms with van der Waals surface area (Å²) < 4.78 is 13.5. The number of amides is 1. The fraction of sp³-hybridized carbons (Fsp3) is 0.278. The molecule has 0 radical (unpaired) electrons. The molecule has 0 bridgehead atoms. The Hall–Kier alpha value is -1.56. The van der Waals surface area contributed by atoms with E-state index < -0.39 is 5.54 Å². The Bertz CT molecular complexity index is 652. The molecule has 0 saturated carbocycles. The molecular weight excluding hydrogens is 347 g/mol. The summed E-state index contributed by atoms with van der Waals surface area (Å²) in [5.74, 6) is 0.879. The molecule has 2 aromatic carbocycles. The van der Waals surface area contributed by atoms with Crippen molar-refractivity contribution in [1.82, 2.24) is 5.32 Å². The number of hydrogen-bond donors (Lipinski definition) is 2. The van der Waals surface area contributed by atoms with E-state index in [4.69, 9.17) is 5.73 Å². The van der Waals surface area contributed by atoms with Crippen LogP contribution in [0.1, 0.15) is 18.1 Å². The number of carbonyl (C=O) groups is 1. The monoisotopic (exact) mass is 368 g/mol. The van der Waals surface area contributed by atoms with Gasteiger partial charge in [0.25, 0.3) is 0 Å². The van der Waals surface area contributed by atoms with Crippen LogP contribution in [0.25, 0.3) is 0 Å². The van der Waals surface area contributed by atoms with Gasteiger partial charge in [-0.15, -0.1) is 12.4 Å². The highest BCUT2D eigenvalue weighted by molar-refractivity contribution is 7.98. The zero-order valence-electron chi connectivity index (χ0n) is 13.5. The molecule has 6 heteroatoms. The van der Waals surface area contributed by atoms with Crippen LogP contribution in [-0.2, 0) is 16.1 Å². The summed E-state index contributed by atoms with van der Waals surface area (Å²) in [6.45, 7) is 2.20. The summed E-state index contributed by atoms with van der Waals surface area (Å²) in [4.78, 5) is 12.2. The van der Waals surface area contributed by atoms with Crippen LogP contribution in [-0.4, -0.2) is 18.2 Å². The van der Waals surface area contributed by atoms with E-state index in [2.05, 4.69) is 5.32 Å². The second kappa shape index (κ2) is 9.67. The van der Waals surface area contributed by atoms with Gasteiger partial charge >= 0.3 is 0 Å². The summed E-state index contributed by atoms with van der Waals surface area (Å²) in [6.07, 6.45) is 0. The topological polar surface area (TPSA) is 55.1 Å². The van der Waals surface area contributed by atoms with Crippen molar-refractivity contribution in [1.29, 1.82) is 0 Å².